The molecule has 0 N–H and O–H groups in total. The van der Waals surface area contributed by atoms with Crippen LogP contribution in [0, 0.1) is 0 Å². The molecule has 2 aromatic rings. The lowest BCUT2D eigenvalue weighted by molar-refractivity contribution is 0.0981. The molecular formula is C18H14O2. The molecule has 0 heterocycles. The highest BCUT2D eigenvalue weighted by molar-refractivity contribution is 6.24. The summed E-state index contributed by atoms with van der Waals surface area (Å²) in [5.74, 6) is -0.0839. The van der Waals surface area contributed by atoms with Crippen LogP contribution in [0.3, 0.4) is 0 Å². The molecule has 2 aromatic carbocycles. The number of aryl methyl sites for hydroxylation is 1. The van der Waals surface area contributed by atoms with Crippen molar-refractivity contribution in [3.63, 3.8) is 0 Å². The number of fused-ring (bicyclic) bond motifs is 1. The number of ketones is 2. The Morgan fingerprint density at radius 1 is 0.700 bits per heavy atom. The molecule has 2 heteroatoms. The summed E-state index contributed by atoms with van der Waals surface area (Å²) in [6.45, 7) is 0. The molecule has 0 fully saturated rings. The number of Topliss-reactive ketones (excluding diaryl/α,β-unsaturated/α-hetero) is 1. The number of benzene rings is 2. The van der Waals surface area contributed by atoms with Crippen LogP contribution in [0.25, 0.3) is 0 Å². The van der Waals surface area contributed by atoms with Crippen molar-refractivity contribution >= 4 is 11.6 Å². The van der Waals surface area contributed by atoms with Gasteiger partial charge in [0.1, 0.15) is 0 Å². The van der Waals surface area contributed by atoms with E-state index in [2.05, 4.69) is 0 Å². The number of rotatable bonds is 3. The third-order valence-corrected chi connectivity index (χ3v) is 3.56. The Balaban J connectivity index is 1.82. The van der Waals surface area contributed by atoms with E-state index >= 15 is 0 Å². The lowest BCUT2D eigenvalue weighted by atomic mass is 9.87. The van der Waals surface area contributed by atoms with Gasteiger partial charge in [-0.2, -0.15) is 0 Å². The maximum absolute atomic E-state index is 12.4. The predicted octanol–water partition coefficient (Wildman–Crippen LogP) is 3.62. The molecule has 98 valence electrons. The van der Waals surface area contributed by atoms with Crippen molar-refractivity contribution in [3.8, 4) is 0 Å². The van der Waals surface area contributed by atoms with Crippen molar-refractivity contribution in [2.75, 3.05) is 0 Å². The fourth-order valence-corrected chi connectivity index (χ4v) is 2.48. The van der Waals surface area contributed by atoms with Crippen LogP contribution in [0.15, 0.2) is 66.2 Å². The van der Waals surface area contributed by atoms with Gasteiger partial charge in [0.05, 0.1) is 0 Å². The molecule has 0 aromatic heterocycles. The number of hydrogen-bond donors (Lipinski definition) is 0. The second kappa shape index (κ2) is 5.25. The van der Waals surface area contributed by atoms with Gasteiger partial charge in [0, 0.05) is 16.7 Å². The first-order chi connectivity index (χ1) is 9.75. The first-order valence-electron chi connectivity index (χ1n) is 6.68. The molecule has 3 rings (SSSR count). The molecule has 0 saturated carbocycles. The van der Waals surface area contributed by atoms with E-state index in [1.54, 1.807) is 24.3 Å². The summed E-state index contributed by atoms with van der Waals surface area (Å²) in [5, 5.41) is 0. The van der Waals surface area contributed by atoms with E-state index < -0.39 is 0 Å². The summed E-state index contributed by atoms with van der Waals surface area (Å²) in [7, 11) is 0. The molecule has 0 saturated heterocycles. The number of carbonyl (C=O) groups is 2. The Hall–Kier alpha value is -2.48. The second-order valence-electron chi connectivity index (χ2n) is 4.89. The van der Waals surface area contributed by atoms with E-state index in [4.69, 9.17) is 0 Å². The third-order valence-electron chi connectivity index (χ3n) is 3.56. The largest absolute Gasteiger partial charge is 0.289 e. The van der Waals surface area contributed by atoms with Crippen molar-refractivity contribution in [1.29, 1.82) is 0 Å². The maximum Gasteiger partial charge on any atom is 0.189 e. The van der Waals surface area contributed by atoms with Gasteiger partial charge in [-0.3, -0.25) is 9.59 Å². The number of allylic oxidation sites excluding steroid dienone is 2. The SMILES string of the molecule is O=C1C=C(CCc2ccccc2)C(=O)c2ccccc21. The fraction of sp³-hybridized carbons (Fsp3) is 0.111. The molecule has 0 unspecified atom stereocenters. The van der Waals surface area contributed by atoms with E-state index in [0.717, 1.165) is 6.42 Å². The number of hydrogen-bond acceptors (Lipinski definition) is 2. The molecule has 1 aliphatic rings. The van der Waals surface area contributed by atoms with Crippen LogP contribution in [-0.4, -0.2) is 11.6 Å². The highest BCUT2D eigenvalue weighted by Gasteiger charge is 2.24. The summed E-state index contributed by atoms with van der Waals surface area (Å²) < 4.78 is 0. The number of carbonyl (C=O) groups excluding carboxylic acids is 2. The smallest absolute Gasteiger partial charge is 0.189 e. The zero-order valence-corrected chi connectivity index (χ0v) is 11.0. The van der Waals surface area contributed by atoms with E-state index in [1.165, 1.54) is 11.6 Å². The molecule has 0 aliphatic heterocycles. The summed E-state index contributed by atoms with van der Waals surface area (Å²) in [5.41, 5.74) is 2.83. The van der Waals surface area contributed by atoms with E-state index in [1.807, 2.05) is 30.3 Å². The monoisotopic (exact) mass is 262 g/mol. The molecule has 1 aliphatic carbocycles. The van der Waals surface area contributed by atoms with Crippen LogP contribution in [0.1, 0.15) is 32.7 Å². The molecule has 0 bridgehead atoms. The van der Waals surface area contributed by atoms with Gasteiger partial charge in [-0.25, -0.2) is 0 Å². The lowest BCUT2D eigenvalue weighted by Crippen LogP contribution is -2.17. The van der Waals surface area contributed by atoms with Crippen LogP contribution in [0.5, 0.6) is 0 Å². The average Bonchev–Trinajstić information content (AvgIpc) is 2.50. The Morgan fingerprint density at radius 2 is 1.35 bits per heavy atom. The van der Waals surface area contributed by atoms with E-state index in [-0.39, 0.29) is 11.6 Å². The van der Waals surface area contributed by atoms with Gasteiger partial charge in [-0.05, 0) is 24.5 Å². The van der Waals surface area contributed by atoms with Gasteiger partial charge in [0.2, 0.25) is 0 Å². The van der Waals surface area contributed by atoms with Gasteiger partial charge in [0.15, 0.2) is 11.6 Å². The van der Waals surface area contributed by atoms with Crippen LogP contribution in [-0.2, 0) is 6.42 Å². The summed E-state index contributed by atoms with van der Waals surface area (Å²) in [6.07, 6.45) is 2.87. The Morgan fingerprint density at radius 3 is 2.10 bits per heavy atom. The zero-order valence-electron chi connectivity index (χ0n) is 11.0. The summed E-state index contributed by atoms with van der Waals surface area (Å²) >= 11 is 0. The molecule has 0 radical (unpaired) electrons. The molecule has 0 atom stereocenters. The standard InChI is InChI=1S/C18H14O2/c19-17-12-14(11-10-13-6-2-1-3-7-13)18(20)16-9-5-4-8-15(16)17/h1-9,12H,10-11H2. The van der Waals surface area contributed by atoms with Crippen LogP contribution in [0.2, 0.25) is 0 Å². The van der Waals surface area contributed by atoms with Crippen molar-refractivity contribution in [3.05, 3.63) is 82.9 Å². The predicted molar refractivity (Wildman–Crippen MR) is 77.9 cm³/mol. The quantitative estimate of drug-likeness (QED) is 0.846. The van der Waals surface area contributed by atoms with Gasteiger partial charge in [-0.15, -0.1) is 0 Å². The Labute approximate surface area is 117 Å². The third kappa shape index (κ3) is 2.32. The molecular weight excluding hydrogens is 248 g/mol. The fourth-order valence-electron chi connectivity index (χ4n) is 2.48. The Kier molecular flexibility index (Phi) is 3.30. The van der Waals surface area contributed by atoms with Crippen LogP contribution >= 0.6 is 0 Å². The summed E-state index contributed by atoms with van der Waals surface area (Å²) in [4.78, 5) is 24.4. The summed E-state index contributed by atoms with van der Waals surface area (Å²) in [6, 6.07) is 17.0. The minimum atomic E-state index is -0.0664. The first kappa shape index (κ1) is 12.5. The van der Waals surface area contributed by atoms with Crippen LogP contribution in [0.4, 0.5) is 0 Å². The molecule has 2 nitrogen and oxygen atoms in total. The van der Waals surface area contributed by atoms with Gasteiger partial charge in [-0.1, -0.05) is 54.6 Å². The zero-order chi connectivity index (χ0) is 13.9. The molecule has 20 heavy (non-hydrogen) atoms. The Bertz CT molecular complexity index is 696. The second-order valence-corrected chi connectivity index (χ2v) is 4.89. The van der Waals surface area contributed by atoms with Gasteiger partial charge in [0.25, 0.3) is 0 Å². The van der Waals surface area contributed by atoms with Crippen molar-refractivity contribution in [1.82, 2.24) is 0 Å². The normalized spacial score (nSPS) is 13.9. The molecule has 0 amide bonds. The van der Waals surface area contributed by atoms with Gasteiger partial charge >= 0.3 is 0 Å². The average molecular weight is 262 g/mol. The van der Waals surface area contributed by atoms with Crippen molar-refractivity contribution in [2.24, 2.45) is 0 Å². The van der Waals surface area contributed by atoms with Crippen molar-refractivity contribution < 1.29 is 9.59 Å². The highest BCUT2D eigenvalue weighted by atomic mass is 16.1. The minimum Gasteiger partial charge on any atom is -0.289 e. The first-order valence-corrected chi connectivity index (χ1v) is 6.68. The van der Waals surface area contributed by atoms with Gasteiger partial charge < -0.3 is 0 Å². The minimum absolute atomic E-state index is 0.0175. The topological polar surface area (TPSA) is 34.1 Å². The lowest BCUT2D eigenvalue weighted by Gasteiger charge is -2.14. The maximum atomic E-state index is 12.4. The van der Waals surface area contributed by atoms with E-state index in [9.17, 15) is 9.59 Å². The van der Waals surface area contributed by atoms with Crippen LogP contribution < -0.4 is 0 Å². The highest BCUT2D eigenvalue weighted by Crippen LogP contribution is 2.23. The van der Waals surface area contributed by atoms with E-state index in [0.29, 0.717) is 23.1 Å². The molecule has 0 spiro atoms. The van der Waals surface area contributed by atoms with Crippen molar-refractivity contribution in [2.45, 2.75) is 12.8 Å².